The largest absolute Gasteiger partial charge is 0.484 e. The van der Waals surface area contributed by atoms with E-state index in [-0.39, 0.29) is 24.7 Å². The van der Waals surface area contributed by atoms with Crippen LogP contribution in [0.15, 0.2) is 39.5 Å². The highest BCUT2D eigenvalue weighted by atomic mass is 16.5. The van der Waals surface area contributed by atoms with Crippen molar-refractivity contribution < 1.29 is 18.7 Å². The van der Waals surface area contributed by atoms with Crippen LogP contribution >= 0.6 is 0 Å². The molecular weight excluding hydrogens is 298 g/mol. The van der Waals surface area contributed by atoms with Crippen LogP contribution in [0, 0.1) is 0 Å². The molecule has 2 aromatic rings. The first-order chi connectivity index (χ1) is 11.0. The standard InChI is InChI=1S/C17H19NO5/c1-11-8-18(9-12(2)22-11)16(19)10-21-14-5-3-13-4-6-17(20)23-15(13)7-14/h3-7,11-12H,8-10H2,1-2H3. The number of morpholine rings is 1. The lowest BCUT2D eigenvalue weighted by Crippen LogP contribution is -2.49. The number of amides is 1. The SMILES string of the molecule is CC1CN(C(=O)COc2ccc3ccc(=O)oc3c2)CC(C)O1. The van der Waals surface area contributed by atoms with Crippen LogP contribution in [0.4, 0.5) is 0 Å². The first kappa shape index (κ1) is 15.6. The van der Waals surface area contributed by atoms with Crippen molar-refractivity contribution in [3.8, 4) is 5.75 Å². The summed E-state index contributed by atoms with van der Waals surface area (Å²) in [4.78, 5) is 25.3. The van der Waals surface area contributed by atoms with E-state index >= 15 is 0 Å². The lowest BCUT2D eigenvalue weighted by atomic mass is 10.2. The monoisotopic (exact) mass is 317 g/mol. The van der Waals surface area contributed by atoms with Crippen molar-refractivity contribution in [3.63, 3.8) is 0 Å². The Morgan fingerprint density at radius 1 is 1.22 bits per heavy atom. The van der Waals surface area contributed by atoms with Crippen LogP contribution in [0.3, 0.4) is 0 Å². The molecule has 6 nitrogen and oxygen atoms in total. The van der Waals surface area contributed by atoms with Gasteiger partial charge in [0.15, 0.2) is 6.61 Å². The summed E-state index contributed by atoms with van der Waals surface area (Å²) in [7, 11) is 0. The molecule has 1 saturated heterocycles. The number of carbonyl (C=O) groups excluding carboxylic acids is 1. The molecule has 2 heterocycles. The zero-order chi connectivity index (χ0) is 16.4. The molecule has 1 aliphatic rings. The summed E-state index contributed by atoms with van der Waals surface area (Å²) in [5.74, 6) is 0.413. The van der Waals surface area contributed by atoms with Crippen LogP contribution in [0.2, 0.25) is 0 Å². The van der Waals surface area contributed by atoms with E-state index in [0.717, 1.165) is 5.39 Å². The third kappa shape index (κ3) is 3.71. The Labute approximate surface area is 133 Å². The van der Waals surface area contributed by atoms with Gasteiger partial charge in [-0.25, -0.2) is 4.79 Å². The quantitative estimate of drug-likeness (QED) is 0.808. The van der Waals surface area contributed by atoms with Gasteiger partial charge in [0.25, 0.3) is 5.91 Å². The average molecular weight is 317 g/mol. The van der Waals surface area contributed by atoms with E-state index in [4.69, 9.17) is 13.9 Å². The molecular formula is C17H19NO5. The van der Waals surface area contributed by atoms with Crippen LogP contribution in [0.1, 0.15) is 13.8 Å². The zero-order valence-electron chi connectivity index (χ0n) is 13.2. The molecule has 23 heavy (non-hydrogen) atoms. The summed E-state index contributed by atoms with van der Waals surface area (Å²) in [5, 5.41) is 0.805. The summed E-state index contributed by atoms with van der Waals surface area (Å²) < 4.78 is 16.3. The molecule has 1 aromatic heterocycles. The Bertz CT molecular complexity index is 759. The predicted molar refractivity (Wildman–Crippen MR) is 84.6 cm³/mol. The molecule has 0 saturated carbocycles. The highest BCUT2D eigenvalue weighted by Gasteiger charge is 2.25. The molecule has 2 atom stereocenters. The molecule has 3 rings (SSSR count). The van der Waals surface area contributed by atoms with Crippen LogP contribution in [0.25, 0.3) is 11.0 Å². The Balaban J connectivity index is 1.65. The van der Waals surface area contributed by atoms with E-state index in [1.807, 2.05) is 13.8 Å². The van der Waals surface area contributed by atoms with Gasteiger partial charge in [-0.1, -0.05) is 0 Å². The summed E-state index contributed by atoms with van der Waals surface area (Å²) in [6.07, 6.45) is 0.0512. The number of benzene rings is 1. The Hall–Kier alpha value is -2.34. The van der Waals surface area contributed by atoms with E-state index in [1.54, 1.807) is 29.2 Å². The Morgan fingerprint density at radius 2 is 1.91 bits per heavy atom. The minimum Gasteiger partial charge on any atom is -0.484 e. The minimum atomic E-state index is -0.415. The Morgan fingerprint density at radius 3 is 2.65 bits per heavy atom. The number of rotatable bonds is 3. The number of hydrogen-bond acceptors (Lipinski definition) is 5. The van der Waals surface area contributed by atoms with E-state index in [2.05, 4.69) is 0 Å². The van der Waals surface area contributed by atoms with Crippen LogP contribution in [-0.4, -0.2) is 42.7 Å². The maximum atomic E-state index is 12.3. The van der Waals surface area contributed by atoms with Crippen molar-refractivity contribution in [1.82, 2.24) is 4.90 Å². The van der Waals surface area contributed by atoms with E-state index in [0.29, 0.717) is 24.4 Å². The second kappa shape index (κ2) is 6.42. The highest BCUT2D eigenvalue weighted by Crippen LogP contribution is 2.19. The molecule has 0 spiro atoms. The molecule has 6 heteroatoms. The minimum absolute atomic E-state index is 0.0256. The van der Waals surface area contributed by atoms with Crippen molar-refractivity contribution in [1.29, 1.82) is 0 Å². The smallest absolute Gasteiger partial charge is 0.336 e. The third-order valence-corrected chi connectivity index (χ3v) is 3.73. The lowest BCUT2D eigenvalue weighted by Gasteiger charge is -2.35. The van der Waals surface area contributed by atoms with Gasteiger partial charge in [-0.2, -0.15) is 0 Å². The number of ether oxygens (including phenoxy) is 2. The van der Waals surface area contributed by atoms with Crippen LogP contribution in [0.5, 0.6) is 5.75 Å². The second-order valence-corrected chi connectivity index (χ2v) is 5.80. The molecule has 1 fully saturated rings. The van der Waals surface area contributed by atoms with Gasteiger partial charge in [0.2, 0.25) is 0 Å². The van der Waals surface area contributed by atoms with Crippen molar-refractivity contribution >= 4 is 16.9 Å². The number of fused-ring (bicyclic) bond motifs is 1. The van der Waals surface area contributed by atoms with Gasteiger partial charge in [-0.05, 0) is 32.0 Å². The van der Waals surface area contributed by atoms with Crippen molar-refractivity contribution in [2.24, 2.45) is 0 Å². The van der Waals surface area contributed by atoms with Gasteiger partial charge in [0.1, 0.15) is 11.3 Å². The van der Waals surface area contributed by atoms with Crippen molar-refractivity contribution in [3.05, 3.63) is 40.8 Å². The topological polar surface area (TPSA) is 69.0 Å². The fraction of sp³-hybridized carbons (Fsp3) is 0.412. The maximum absolute atomic E-state index is 12.3. The molecule has 0 bridgehead atoms. The third-order valence-electron chi connectivity index (χ3n) is 3.73. The molecule has 0 radical (unpaired) electrons. The van der Waals surface area contributed by atoms with Gasteiger partial charge in [-0.3, -0.25) is 4.79 Å². The molecule has 0 aliphatic carbocycles. The highest BCUT2D eigenvalue weighted by molar-refractivity contribution is 5.79. The molecule has 122 valence electrons. The van der Waals surface area contributed by atoms with Crippen molar-refractivity contribution in [2.45, 2.75) is 26.1 Å². The van der Waals surface area contributed by atoms with Gasteiger partial charge < -0.3 is 18.8 Å². The molecule has 1 aromatic carbocycles. The summed E-state index contributed by atoms with van der Waals surface area (Å²) in [5.41, 5.74) is 0.0260. The van der Waals surface area contributed by atoms with Crippen molar-refractivity contribution in [2.75, 3.05) is 19.7 Å². The maximum Gasteiger partial charge on any atom is 0.336 e. The predicted octanol–water partition coefficient (Wildman–Crippen LogP) is 1.81. The van der Waals surface area contributed by atoms with E-state index < -0.39 is 5.63 Å². The molecule has 2 unspecified atom stereocenters. The van der Waals surface area contributed by atoms with E-state index in [9.17, 15) is 9.59 Å². The second-order valence-electron chi connectivity index (χ2n) is 5.80. The number of nitrogens with zero attached hydrogens (tertiary/aromatic N) is 1. The van der Waals surface area contributed by atoms with E-state index in [1.165, 1.54) is 6.07 Å². The fourth-order valence-corrected chi connectivity index (χ4v) is 2.75. The normalized spacial score (nSPS) is 21.4. The van der Waals surface area contributed by atoms with Gasteiger partial charge in [-0.15, -0.1) is 0 Å². The summed E-state index contributed by atoms with van der Waals surface area (Å²) in [6.45, 7) is 4.98. The van der Waals surface area contributed by atoms with Crippen LogP contribution in [-0.2, 0) is 9.53 Å². The average Bonchev–Trinajstić information content (AvgIpc) is 2.51. The van der Waals surface area contributed by atoms with Crippen LogP contribution < -0.4 is 10.4 Å². The number of carbonyl (C=O) groups is 1. The van der Waals surface area contributed by atoms with Gasteiger partial charge >= 0.3 is 5.63 Å². The molecule has 1 aliphatic heterocycles. The molecule has 0 N–H and O–H groups in total. The fourth-order valence-electron chi connectivity index (χ4n) is 2.75. The van der Waals surface area contributed by atoms with Gasteiger partial charge in [0, 0.05) is 30.6 Å². The first-order valence-corrected chi connectivity index (χ1v) is 7.61. The molecule has 1 amide bonds. The summed E-state index contributed by atoms with van der Waals surface area (Å²) in [6, 6.07) is 8.21. The zero-order valence-corrected chi connectivity index (χ0v) is 13.2. The number of hydrogen-bond donors (Lipinski definition) is 0. The Kier molecular flexibility index (Phi) is 4.34. The van der Waals surface area contributed by atoms with Gasteiger partial charge in [0.05, 0.1) is 12.2 Å². The first-order valence-electron chi connectivity index (χ1n) is 7.61. The summed E-state index contributed by atoms with van der Waals surface area (Å²) >= 11 is 0. The lowest BCUT2D eigenvalue weighted by molar-refractivity contribution is -0.145.